The highest BCUT2D eigenvalue weighted by Crippen LogP contribution is 2.16. The van der Waals surface area contributed by atoms with E-state index in [1.54, 1.807) is 24.3 Å². The topological polar surface area (TPSA) is 49.3 Å². The molecule has 0 aliphatic heterocycles. The summed E-state index contributed by atoms with van der Waals surface area (Å²) < 4.78 is 0. The fourth-order valence-electron chi connectivity index (χ4n) is 3.99. The fraction of sp³-hybridized carbons (Fsp3) is 0.741. The number of phenols is 1. The molecule has 0 aliphatic rings. The lowest BCUT2D eigenvalue weighted by molar-refractivity contribution is 0.0950. The normalized spacial score (nSPS) is 11.0. The summed E-state index contributed by atoms with van der Waals surface area (Å²) in [4.78, 5) is 12.0. The van der Waals surface area contributed by atoms with Crippen LogP contribution < -0.4 is 5.32 Å². The van der Waals surface area contributed by atoms with Crippen LogP contribution in [0.5, 0.6) is 5.75 Å². The van der Waals surface area contributed by atoms with Gasteiger partial charge in [0.05, 0.1) is 5.56 Å². The molecule has 0 saturated carbocycles. The first-order chi connectivity index (χ1) is 14.8. The number of aromatic hydroxyl groups is 1. The highest BCUT2D eigenvalue weighted by molar-refractivity contribution is 5.96. The lowest BCUT2D eigenvalue weighted by atomic mass is 10.0. The molecule has 0 aliphatic carbocycles. The largest absolute Gasteiger partial charge is 0.507 e. The number of rotatable bonds is 20. The van der Waals surface area contributed by atoms with E-state index >= 15 is 0 Å². The van der Waals surface area contributed by atoms with Gasteiger partial charge in [-0.3, -0.25) is 4.79 Å². The summed E-state index contributed by atoms with van der Waals surface area (Å²) in [6, 6.07) is 6.69. The average Bonchev–Trinajstić information content (AvgIpc) is 2.75. The first-order valence-corrected chi connectivity index (χ1v) is 12.8. The quantitative estimate of drug-likeness (QED) is 0.210. The van der Waals surface area contributed by atoms with E-state index in [2.05, 4.69) is 12.2 Å². The molecule has 0 heterocycles. The molecule has 1 aromatic carbocycles. The molecule has 0 fully saturated rings. The zero-order chi connectivity index (χ0) is 21.7. The van der Waals surface area contributed by atoms with E-state index in [-0.39, 0.29) is 11.7 Å². The molecular formula is C27H47NO2. The zero-order valence-corrected chi connectivity index (χ0v) is 19.6. The number of amides is 1. The van der Waals surface area contributed by atoms with Crippen molar-refractivity contribution in [3.63, 3.8) is 0 Å². The van der Waals surface area contributed by atoms with Crippen molar-refractivity contribution in [3.05, 3.63) is 29.8 Å². The summed E-state index contributed by atoms with van der Waals surface area (Å²) in [6.45, 7) is 2.97. The summed E-state index contributed by atoms with van der Waals surface area (Å²) in [7, 11) is 0. The van der Waals surface area contributed by atoms with Crippen LogP contribution in [0.25, 0.3) is 0 Å². The third kappa shape index (κ3) is 14.5. The van der Waals surface area contributed by atoms with E-state index in [0.29, 0.717) is 12.1 Å². The van der Waals surface area contributed by atoms with Gasteiger partial charge in [0.25, 0.3) is 5.91 Å². The minimum atomic E-state index is -0.180. The van der Waals surface area contributed by atoms with Crippen molar-refractivity contribution in [1.29, 1.82) is 0 Å². The van der Waals surface area contributed by atoms with Gasteiger partial charge in [0.2, 0.25) is 0 Å². The predicted molar refractivity (Wildman–Crippen MR) is 129 cm³/mol. The van der Waals surface area contributed by atoms with E-state index in [4.69, 9.17) is 0 Å². The molecule has 1 rings (SSSR count). The van der Waals surface area contributed by atoms with Crippen molar-refractivity contribution < 1.29 is 9.90 Å². The van der Waals surface area contributed by atoms with Crippen molar-refractivity contribution >= 4 is 5.91 Å². The van der Waals surface area contributed by atoms with Crippen LogP contribution in [0.3, 0.4) is 0 Å². The molecule has 2 N–H and O–H groups in total. The summed E-state index contributed by atoms with van der Waals surface area (Å²) in [5.74, 6) is -0.132. The van der Waals surface area contributed by atoms with Gasteiger partial charge in [0, 0.05) is 6.54 Å². The Morgan fingerprint density at radius 3 is 1.50 bits per heavy atom. The van der Waals surface area contributed by atoms with Gasteiger partial charge in [-0.1, -0.05) is 128 Å². The first-order valence-electron chi connectivity index (χ1n) is 12.8. The Hall–Kier alpha value is -1.51. The standard InChI is InChI=1S/C27H47NO2/c1-2-3-4-5-6-7-8-9-10-11-12-13-14-15-16-17-18-21-24-28-27(30)25-22-19-20-23-26(25)29/h19-20,22-23,29H,2-18,21,24H2,1H3,(H,28,30). The Bertz CT molecular complexity index is 529. The van der Waals surface area contributed by atoms with Crippen LogP contribution in [-0.2, 0) is 0 Å². The Labute approximate surface area is 186 Å². The van der Waals surface area contributed by atoms with E-state index in [1.807, 2.05) is 0 Å². The molecule has 0 unspecified atom stereocenters. The highest BCUT2D eigenvalue weighted by atomic mass is 16.3. The smallest absolute Gasteiger partial charge is 0.255 e. The molecule has 1 amide bonds. The molecule has 0 atom stereocenters. The van der Waals surface area contributed by atoms with Crippen LogP contribution in [0.2, 0.25) is 0 Å². The number of hydrogen-bond donors (Lipinski definition) is 2. The zero-order valence-electron chi connectivity index (χ0n) is 19.6. The molecule has 3 heteroatoms. The lowest BCUT2D eigenvalue weighted by Gasteiger charge is -2.07. The Kier molecular flexibility index (Phi) is 17.2. The Balaban J connectivity index is 1.77. The summed E-state index contributed by atoms with van der Waals surface area (Å²) in [5, 5.41) is 12.6. The average molecular weight is 418 g/mol. The maximum Gasteiger partial charge on any atom is 0.255 e. The van der Waals surface area contributed by atoms with Gasteiger partial charge in [-0.15, -0.1) is 0 Å². The molecule has 30 heavy (non-hydrogen) atoms. The van der Waals surface area contributed by atoms with Crippen molar-refractivity contribution in [1.82, 2.24) is 5.32 Å². The van der Waals surface area contributed by atoms with Gasteiger partial charge in [-0.05, 0) is 18.6 Å². The Morgan fingerprint density at radius 2 is 1.07 bits per heavy atom. The molecule has 3 nitrogen and oxygen atoms in total. The van der Waals surface area contributed by atoms with Gasteiger partial charge in [0.15, 0.2) is 0 Å². The van der Waals surface area contributed by atoms with Crippen molar-refractivity contribution in [2.45, 2.75) is 122 Å². The Morgan fingerprint density at radius 1 is 0.667 bits per heavy atom. The lowest BCUT2D eigenvalue weighted by Crippen LogP contribution is -2.24. The fourth-order valence-corrected chi connectivity index (χ4v) is 3.99. The minimum absolute atomic E-state index is 0.0489. The molecule has 0 saturated heterocycles. The number of hydrogen-bond acceptors (Lipinski definition) is 2. The monoisotopic (exact) mass is 417 g/mol. The molecule has 1 aromatic rings. The number of benzene rings is 1. The summed E-state index contributed by atoms with van der Waals surface area (Å²) in [6.07, 6.45) is 24.6. The van der Waals surface area contributed by atoms with Gasteiger partial charge in [-0.2, -0.15) is 0 Å². The van der Waals surface area contributed by atoms with Gasteiger partial charge < -0.3 is 10.4 Å². The minimum Gasteiger partial charge on any atom is -0.507 e. The first kappa shape index (κ1) is 26.5. The highest BCUT2D eigenvalue weighted by Gasteiger charge is 2.08. The van der Waals surface area contributed by atoms with Crippen molar-refractivity contribution in [2.75, 3.05) is 6.54 Å². The van der Waals surface area contributed by atoms with E-state index in [9.17, 15) is 9.90 Å². The van der Waals surface area contributed by atoms with Crippen LogP contribution in [0, 0.1) is 0 Å². The van der Waals surface area contributed by atoms with Gasteiger partial charge >= 0.3 is 0 Å². The predicted octanol–water partition coefficient (Wildman–Crippen LogP) is 8.16. The number of carbonyl (C=O) groups is 1. The van der Waals surface area contributed by atoms with Crippen molar-refractivity contribution in [2.24, 2.45) is 0 Å². The number of carbonyl (C=O) groups excluding carboxylic acids is 1. The third-order valence-electron chi connectivity index (χ3n) is 5.96. The molecule has 0 aromatic heterocycles. The number of unbranched alkanes of at least 4 members (excludes halogenated alkanes) is 17. The van der Waals surface area contributed by atoms with Gasteiger partial charge in [0.1, 0.15) is 5.75 Å². The van der Waals surface area contributed by atoms with Crippen LogP contribution in [0.4, 0.5) is 0 Å². The molecule has 0 bridgehead atoms. The van der Waals surface area contributed by atoms with Crippen LogP contribution in [-0.4, -0.2) is 17.6 Å². The summed E-state index contributed by atoms with van der Waals surface area (Å²) in [5.41, 5.74) is 0.361. The summed E-state index contributed by atoms with van der Waals surface area (Å²) >= 11 is 0. The second kappa shape index (κ2) is 19.5. The number of phenolic OH excluding ortho intramolecular Hbond substituents is 1. The van der Waals surface area contributed by atoms with Crippen molar-refractivity contribution in [3.8, 4) is 5.75 Å². The van der Waals surface area contributed by atoms with Crippen LogP contribution in [0.15, 0.2) is 24.3 Å². The second-order valence-electron chi connectivity index (χ2n) is 8.78. The number of para-hydroxylation sites is 1. The maximum atomic E-state index is 12.0. The van der Waals surface area contributed by atoms with Crippen LogP contribution >= 0.6 is 0 Å². The number of nitrogens with one attached hydrogen (secondary N) is 1. The van der Waals surface area contributed by atoms with E-state index < -0.39 is 0 Å². The molecular weight excluding hydrogens is 370 g/mol. The van der Waals surface area contributed by atoms with Crippen LogP contribution in [0.1, 0.15) is 133 Å². The van der Waals surface area contributed by atoms with E-state index in [0.717, 1.165) is 6.42 Å². The third-order valence-corrected chi connectivity index (χ3v) is 5.96. The molecule has 0 spiro atoms. The SMILES string of the molecule is CCCCCCCCCCCCCCCCCCCCNC(=O)c1ccccc1O. The van der Waals surface area contributed by atoms with Gasteiger partial charge in [-0.25, -0.2) is 0 Å². The maximum absolute atomic E-state index is 12.0. The molecule has 172 valence electrons. The molecule has 0 radical (unpaired) electrons. The van der Waals surface area contributed by atoms with E-state index in [1.165, 1.54) is 109 Å². The second-order valence-corrected chi connectivity index (χ2v) is 8.78.